The van der Waals surface area contributed by atoms with E-state index in [2.05, 4.69) is 83.5 Å². The third-order valence-electron chi connectivity index (χ3n) is 6.80. The Morgan fingerprint density at radius 3 is 2.51 bits per heavy atom. The lowest BCUT2D eigenvalue weighted by Crippen LogP contribution is -2.40. The molecule has 1 unspecified atom stereocenters. The molecule has 0 aliphatic carbocycles. The Morgan fingerprint density at radius 2 is 1.76 bits per heavy atom. The highest BCUT2D eigenvalue weighted by Crippen LogP contribution is 2.32. The Morgan fingerprint density at radius 1 is 1.02 bits per heavy atom. The maximum Gasteiger partial charge on any atom is 0.135 e. The average molecular weight is 573 g/mol. The molecule has 1 atom stereocenters. The SMILES string of the molecule is C=N/C(=C\C=N/CNc1ccc(S(=C)N2CCC(NCc3ccc4nonc4c3)CC2)cc1)Nc1ccc(F)cc1. The number of anilines is 2. The van der Waals surface area contributed by atoms with E-state index in [0.717, 1.165) is 54.9 Å². The second-order valence-electron chi connectivity index (χ2n) is 9.57. The van der Waals surface area contributed by atoms with E-state index in [9.17, 15) is 4.39 Å². The molecule has 2 heterocycles. The molecule has 0 amide bonds. The van der Waals surface area contributed by atoms with Gasteiger partial charge in [0.15, 0.2) is 0 Å². The fourth-order valence-electron chi connectivity index (χ4n) is 4.49. The molecule has 11 heteroatoms. The quantitative estimate of drug-likeness (QED) is 0.148. The van der Waals surface area contributed by atoms with Crippen molar-refractivity contribution in [3.05, 3.63) is 90.0 Å². The summed E-state index contributed by atoms with van der Waals surface area (Å²) in [6.07, 6.45) is 5.53. The van der Waals surface area contributed by atoms with Gasteiger partial charge in [0.25, 0.3) is 0 Å². The minimum atomic E-state index is -0.291. The summed E-state index contributed by atoms with van der Waals surface area (Å²) >= 11 is 0. The Labute approximate surface area is 241 Å². The summed E-state index contributed by atoms with van der Waals surface area (Å²) in [5.74, 6) is 4.70. The van der Waals surface area contributed by atoms with Gasteiger partial charge in [-0.05, 0) is 102 Å². The van der Waals surface area contributed by atoms with Gasteiger partial charge >= 0.3 is 0 Å². The van der Waals surface area contributed by atoms with Crippen LogP contribution in [0.5, 0.6) is 0 Å². The van der Waals surface area contributed by atoms with Crippen molar-refractivity contribution >= 4 is 51.9 Å². The summed E-state index contributed by atoms with van der Waals surface area (Å²) in [7, 11) is -0.207. The summed E-state index contributed by atoms with van der Waals surface area (Å²) in [5, 5.41) is 17.8. The van der Waals surface area contributed by atoms with Crippen LogP contribution in [0.4, 0.5) is 15.8 Å². The molecule has 1 aliphatic heterocycles. The summed E-state index contributed by atoms with van der Waals surface area (Å²) in [4.78, 5) is 9.51. The second-order valence-corrected chi connectivity index (χ2v) is 11.3. The van der Waals surface area contributed by atoms with Crippen molar-refractivity contribution in [2.75, 3.05) is 30.4 Å². The van der Waals surface area contributed by atoms with E-state index in [-0.39, 0.29) is 16.5 Å². The van der Waals surface area contributed by atoms with Gasteiger partial charge in [0.05, 0.1) is 0 Å². The second kappa shape index (κ2) is 13.9. The van der Waals surface area contributed by atoms with Gasteiger partial charge in [0.2, 0.25) is 0 Å². The highest BCUT2D eigenvalue weighted by Gasteiger charge is 2.20. The molecule has 0 spiro atoms. The number of aromatic nitrogens is 2. The van der Waals surface area contributed by atoms with E-state index in [4.69, 9.17) is 4.63 Å². The summed E-state index contributed by atoms with van der Waals surface area (Å²) in [6, 6.07) is 20.9. The van der Waals surface area contributed by atoms with Crippen LogP contribution in [0.15, 0.2) is 98.1 Å². The predicted molar refractivity (Wildman–Crippen MR) is 167 cm³/mol. The number of hydrogen-bond donors (Lipinski definition) is 3. The third-order valence-corrected chi connectivity index (χ3v) is 8.61. The standard InChI is InChI=1S/C30H33FN8OS/c1-32-30(36-26-6-4-23(31)5-7-26)13-16-33-21-35-24-8-10-27(11-9-24)41(2)39-17-14-25(15-18-39)34-20-22-3-12-28-29(19-22)38-40-37-28/h3-13,16,19,25,34-36H,1-2,14-15,17-18,20-21H2/b30-13+,33-16-. The molecule has 3 N–H and O–H groups in total. The molecule has 0 saturated carbocycles. The van der Waals surface area contributed by atoms with Gasteiger partial charge in [0, 0.05) is 48.2 Å². The van der Waals surface area contributed by atoms with Crippen molar-refractivity contribution in [1.29, 1.82) is 0 Å². The first kappa shape index (κ1) is 28.3. The van der Waals surface area contributed by atoms with E-state index >= 15 is 0 Å². The van der Waals surface area contributed by atoms with Gasteiger partial charge in [0.1, 0.15) is 29.3 Å². The van der Waals surface area contributed by atoms with Crippen LogP contribution in [0.25, 0.3) is 11.0 Å². The number of allylic oxidation sites excluding steroid dienone is 1. The highest BCUT2D eigenvalue weighted by atomic mass is 32.2. The molecular formula is C30H33FN8OS. The molecule has 9 nitrogen and oxygen atoms in total. The van der Waals surface area contributed by atoms with E-state index < -0.39 is 0 Å². The fraction of sp³-hybridized carbons (Fsp3) is 0.233. The molecule has 3 aromatic carbocycles. The van der Waals surface area contributed by atoms with Gasteiger partial charge in [-0.2, -0.15) is 0 Å². The first-order valence-corrected chi connectivity index (χ1v) is 14.7. The predicted octanol–water partition coefficient (Wildman–Crippen LogP) is 5.69. The van der Waals surface area contributed by atoms with Crippen molar-refractivity contribution in [2.45, 2.75) is 30.3 Å². The average Bonchev–Trinajstić information content (AvgIpc) is 3.49. The van der Waals surface area contributed by atoms with Gasteiger partial charge in [-0.1, -0.05) is 22.6 Å². The number of piperidine rings is 1. The maximum absolute atomic E-state index is 13.1. The van der Waals surface area contributed by atoms with Gasteiger partial charge in [-0.25, -0.2) is 14.0 Å². The van der Waals surface area contributed by atoms with Crippen LogP contribution in [-0.4, -0.2) is 59.2 Å². The van der Waals surface area contributed by atoms with Gasteiger partial charge in [-0.3, -0.25) is 9.30 Å². The number of fused-ring (bicyclic) bond motifs is 1. The van der Waals surface area contributed by atoms with Crippen molar-refractivity contribution in [3.63, 3.8) is 0 Å². The van der Waals surface area contributed by atoms with E-state index in [1.54, 1.807) is 24.4 Å². The van der Waals surface area contributed by atoms with Crippen LogP contribution in [0.1, 0.15) is 18.4 Å². The molecular weight excluding hydrogens is 539 g/mol. The fourth-order valence-corrected chi connectivity index (χ4v) is 5.89. The van der Waals surface area contributed by atoms with Gasteiger partial charge in [-0.15, -0.1) is 0 Å². The zero-order valence-electron chi connectivity index (χ0n) is 22.7. The lowest BCUT2D eigenvalue weighted by atomic mass is 10.1. The number of rotatable bonds is 12. The Bertz CT molecular complexity index is 1530. The zero-order chi connectivity index (χ0) is 28.4. The van der Waals surface area contributed by atoms with Crippen LogP contribution >= 0.6 is 10.7 Å². The van der Waals surface area contributed by atoms with Crippen molar-refractivity contribution in [1.82, 2.24) is 19.9 Å². The molecule has 1 fully saturated rings. The molecule has 5 rings (SSSR count). The number of benzene rings is 3. The topological polar surface area (TPSA) is 103 Å². The van der Waals surface area contributed by atoms with Crippen LogP contribution in [0.2, 0.25) is 0 Å². The summed E-state index contributed by atoms with van der Waals surface area (Å²) < 4.78 is 20.3. The van der Waals surface area contributed by atoms with Crippen molar-refractivity contribution < 1.29 is 9.02 Å². The molecule has 1 aromatic heterocycles. The largest absolute Gasteiger partial charge is 0.366 e. The molecule has 41 heavy (non-hydrogen) atoms. The first-order chi connectivity index (χ1) is 20.1. The number of nitrogens with zero attached hydrogens (tertiary/aromatic N) is 5. The number of aliphatic imine (C=N–C) groups is 2. The minimum Gasteiger partial charge on any atom is -0.366 e. The normalized spacial score (nSPS) is 15.8. The first-order valence-electron chi connectivity index (χ1n) is 13.3. The molecule has 0 radical (unpaired) electrons. The van der Waals surface area contributed by atoms with Crippen LogP contribution in [0, 0.1) is 5.82 Å². The number of hydrogen-bond acceptors (Lipinski definition) is 9. The summed E-state index contributed by atoms with van der Waals surface area (Å²) in [5.41, 5.74) is 4.46. The van der Waals surface area contributed by atoms with Crippen molar-refractivity contribution in [3.8, 4) is 0 Å². The Balaban J connectivity index is 1.03. The van der Waals surface area contributed by atoms with E-state index in [1.807, 2.05) is 12.1 Å². The minimum absolute atomic E-state index is 0.207. The highest BCUT2D eigenvalue weighted by molar-refractivity contribution is 8.12. The molecule has 0 bridgehead atoms. The Hall–Kier alpha value is -4.19. The smallest absolute Gasteiger partial charge is 0.135 e. The Kier molecular flexibility index (Phi) is 9.63. The lowest BCUT2D eigenvalue weighted by molar-refractivity contribution is 0.306. The molecule has 212 valence electrons. The molecule has 1 saturated heterocycles. The summed E-state index contributed by atoms with van der Waals surface area (Å²) in [6.45, 7) is 6.79. The van der Waals surface area contributed by atoms with Crippen LogP contribution < -0.4 is 16.0 Å². The molecule has 1 aliphatic rings. The zero-order valence-corrected chi connectivity index (χ0v) is 23.5. The maximum atomic E-state index is 13.1. The van der Waals surface area contributed by atoms with Crippen LogP contribution in [-0.2, 0) is 6.54 Å². The monoisotopic (exact) mass is 572 g/mol. The van der Waals surface area contributed by atoms with Crippen LogP contribution in [0.3, 0.4) is 0 Å². The van der Waals surface area contributed by atoms with E-state index in [0.29, 0.717) is 18.5 Å². The number of halogens is 1. The number of nitrogens with one attached hydrogen (secondary N) is 3. The van der Waals surface area contributed by atoms with Crippen molar-refractivity contribution in [2.24, 2.45) is 9.98 Å². The van der Waals surface area contributed by atoms with Gasteiger partial charge < -0.3 is 16.0 Å². The van der Waals surface area contributed by atoms with E-state index in [1.165, 1.54) is 22.6 Å². The lowest BCUT2D eigenvalue weighted by Gasteiger charge is -2.34. The molecule has 4 aromatic rings. The third kappa shape index (κ3) is 7.94.